The van der Waals surface area contributed by atoms with Gasteiger partial charge in [-0.1, -0.05) is 42.5 Å². The van der Waals surface area contributed by atoms with Gasteiger partial charge >= 0.3 is 0 Å². The Morgan fingerprint density at radius 2 is 1.79 bits per heavy atom. The number of carbonyl (C=O) groups excluding carboxylic acids is 1. The maximum atomic E-state index is 12.8. The first-order valence-corrected chi connectivity index (χ1v) is 9.59. The van der Waals surface area contributed by atoms with Crippen LogP contribution in [-0.2, 0) is 0 Å². The molecule has 0 aliphatic carbocycles. The molecule has 1 aliphatic heterocycles. The standard InChI is InChI=1S/C23H25N3O2/c1-15(17-8-7-16-5-3-4-6-18(16)11-17)26-23(27)19-9-10-21(22(12-19)28-2)20-13-24-25-14-20/h3-12,15,20,24-25H,13-14H2,1-2H3,(H,26,27)/t15-/m1/s1. The summed E-state index contributed by atoms with van der Waals surface area (Å²) in [5.74, 6) is 0.985. The molecule has 1 heterocycles. The molecule has 144 valence electrons. The Kier molecular flexibility index (Phi) is 5.28. The summed E-state index contributed by atoms with van der Waals surface area (Å²) in [7, 11) is 1.65. The predicted octanol–water partition coefficient (Wildman–Crippen LogP) is 3.53. The van der Waals surface area contributed by atoms with E-state index in [0.29, 0.717) is 11.5 Å². The number of methoxy groups -OCH3 is 1. The van der Waals surface area contributed by atoms with Crippen molar-refractivity contribution in [3.63, 3.8) is 0 Å². The quantitative estimate of drug-likeness (QED) is 0.638. The van der Waals surface area contributed by atoms with E-state index in [4.69, 9.17) is 4.74 Å². The average molecular weight is 375 g/mol. The molecule has 5 nitrogen and oxygen atoms in total. The Hall–Kier alpha value is -2.89. The molecular weight excluding hydrogens is 350 g/mol. The van der Waals surface area contributed by atoms with Crippen LogP contribution in [0.3, 0.4) is 0 Å². The molecule has 0 bridgehead atoms. The second kappa shape index (κ2) is 8.00. The second-order valence-electron chi connectivity index (χ2n) is 7.22. The van der Waals surface area contributed by atoms with Gasteiger partial charge in [-0.15, -0.1) is 0 Å². The lowest BCUT2D eigenvalue weighted by Crippen LogP contribution is -2.26. The number of rotatable bonds is 5. The summed E-state index contributed by atoms with van der Waals surface area (Å²) in [6, 6.07) is 20.1. The molecule has 1 atom stereocenters. The van der Waals surface area contributed by atoms with Gasteiger partial charge in [0.15, 0.2) is 0 Å². The normalized spacial score (nSPS) is 15.5. The minimum Gasteiger partial charge on any atom is -0.496 e. The van der Waals surface area contributed by atoms with Crippen molar-refractivity contribution < 1.29 is 9.53 Å². The molecule has 1 amide bonds. The molecule has 5 heteroatoms. The second-order valence-corrected chi connectivity index (χ2v) is 7.22. The molecular formula is C23H25N3O2. The minimum atomic E-state index is -0.104. The van der Waals surface area contributed by atoms with E-state index in [1.807, 2.05) is 37.3 Å². The summed E-state index contributed by atoms with van der Waals surface area (Å²) in [5.41, 5.74) is 9.06. The van der Waals surface area contributed by atoms with Crippen molar-refractivity contribution in [1.82, 2.24) is 16.2 Å². The molecule has 1 fully saturated rings. The number of hydrazine groups is 1. The highest BCUT2D eigenvalue weighted by Crippen LogP contribution is 2.29. The Bertz CT molecular complexity index is 996. The molecule has 0 unspecified atom stereocenters. The van der Waals surface area contributed by atoms with E-state index in [-0.39, 0.29) is 11.9 Å². The third kappa shape index (κ3) is 3.72. The van der Waals surface area contributed by atoms with Crippen LogP contribution in [0.4, 0.5) is 0 Å². The maximum absolute atomic E-state index is 12.8. The van der Waals surface area contributed by atoms with Crippen LogP contribution in [0.5, 0.6) is 5.75 Å². The number of amides is 1. The molecule has 0 saturated carbocycles. The van der Waals surface area contributed by atoms with Gasteiger partial charge in [0.2, 0.25) is 0 Å². The number of fused-ring (bicyclic) bond motifs is 1. The van der Waals surface area contributed by atoms with Crippen LogP contribution in [-0.4, -0.2) is 26.1 Å². The van der Waals surface area contributed by atoms with Crippen LogP contribution in [0.15, 0.2) is 60.7 Å². The molecule has 4 rings (SSSR count). The van der Waals surface area contributed by atoms with Gasteiger partial charge in [-0.05, 0) is 47.0 Å². The van der Waals surface area contributed by atoms with Crippen LogP contribution in [0.1, 0.15) is 40.4 Å². The van der Waals surface area contributed by atoms with Crippen molar-refractivity contribution >= 4 is 16.7 Å². The van der Waals surface area contributed by atoms with Crippen molar-refractivity contribution in [3.8, 4) is 5.75 Å². The third-order valence-electron chi connectivity index (χ3n) is 5.38. The van der Waals surface area contributed by atoms with Crippen LogP contribution >= 0.6 is 0 Å². The number of hydrogen-bond donors (Lipinski definition) is 3. The molecule has 28 heavy (non-hydrogen) atoms. The first-order valence-electron chi connectivity index (χ1n) is 9.59. The number of benzene rings is 3. The van der Waals surface area contributed by atoms with Crippen molar-refractivity contribution in [2.75, 3.05) is 20.2 Å². The zero-order valence-electron chi connectivity index (χ0n) is 16.2. The largest absolute Gasteiger partial charge is 0.496 e. The summed E-state index contributed by atoms with van der Waals surface area (Å²) in [6.45, 7) is 3.70. The molecule has 3 aromatic carbocycles. The van der Waals surface area contributed by atoms with Gasteiger partial charge in [0.1, 0.15) is 5.75 Å². The number of ether oxygens (including phenoxy) is 1. The maximum Gasteiger partial charge on any atom is 0.251 e. The number of nitrogens with one attached hydrogen (secondary N) is 3. The summed E-state index contributed by atoms with van der Waals surface area (Å²) >= 11 is 0. The van der Waals surface area contributed by atoms with E-state index in [1.54, 1.807) is 7.11 Å². The van der Waals surface area contributed by atoms with Crippen molar-refractivity contribution in [3.05, 3.63) is 77.4 Å². The lowest BCUT2D eigenvalue weighted by atomic mass is 9.97. The molecule has 0 aromatic heterocycles. The summed E-state index contributed by atoms with van der Waals surface area (Å²) in [6.07, 6.45) is 0. The fourth-order valence-corrected chi connectivity index (χ4v) is 3.71. The van der Waals surface area contributed by atoms with E-state index < -0.39 is 0 Å². The van der Waals surface area contributed by atoms with Gasteiger partial charge in [-0.3, -0.25) is 15.6 Å². The first kappa shape index (κ1) is 18.5. The molecule has 3 aromatic rings. The SMILES string of the molecule is COc1cc(C(=O)N[C@H](C)c2ccc3ccccc3c2)ccc1C1CNNC1. The van der Waals surface area contributed by atoms with Crippen LogP contribution in [0, 0.1) is 0 Å². The Morgan fingerprint density at radius 1 is 1.04 bits per heavy atom. The number of carbonyl (C=O) groups is 1. The van der Waals surface area contributed by atoms with E-state index in [2.05, 4.69) is 46.5 Å². The fourth-order valence-electron chi connectivity index (χ4n) is 3.71. The summed E-state index contributed by atoms with van der Waals surface area (Å²) in [4.78, 5) is 12.8. The van der Waals surface area contributed by atoms with Gasteiger partial charge in [-0.25, -0.2) is 0 Å². The molecule has 1 aliphatic rings. The topological polar surface area (TPSA) is 62.4 Å². The average Bonchev–Trinajstić information content (AvgIpc) is 3.27. The van der Waals surface area contributed by atoms with E-state index >= 15 is 0 Å². The van der Waals surface area contributed by atoms with E-state index in [0.717, 1.165) is 30.0 Å². The van der Waals surface area contributed by atoms with Crippen molar-refractivity contribution in [1.29, 1.82) is 0 Å². The van der Waals surface area contributed by atoms with Gasteiger partial charge in [0, 0.05) is 24.6 Å². The van der Waals surface area contributed by atoms with Crippen LogP contribution < -0.4 is 20.9 Å². The Balaban J connectivity index is 1.51. The highest BCUT2D eigenvalue weighted by atomic mass is 16.5. The molecule has 0 spiro atoms. The molecule has 0 radical (unpaired) electrons. The van der Waals surface area contributed by atoms with Gasteiger partial charge in [0.05, 0.1) is 13.2 Å². The molecule has 1 saturated heterocycles. The fraction of sp³-hybridized carbons (Fsp3) is 0.261. The minimum absolute atomic E-state index is 0.0917. The third-order valence-corrected chi connectivity index (χ3v) is 5.38. The van der Waals surface area contributed by atoms with Gasteiger partial charge in [-0.2, -0.15) is 0 Å². The van der Waals surface area contributed by atoms with Crippen molar-refractivity contribution in [2.24, 2.45) is 0 Å². The predicted molar refractivity (Wildman–Crippen MR) is 112 cm³/mol. The monoisotopic (exact) mass is 375 g/mol. The molecule has 3 N–H and O–H groups in total. The number of hydrogen-bond acceptors (Lipinski definition) is 4. The lowest BCUT2D eigenvalue weighted by molar-refractivity contribution is 0.0939. The van der Waals surface area contributed by atoms with Gasteiger partial charge < -0.3 is 10.1 Å². The zero-order chi connectivity index (χ0) is 19.5. The highest BCUT2D eigenvalue weighted by molar-refractivity contribution is 5.95. The zero-order valence-corrected chi connectivity index (χ0v) is 16.2. The smallest absolute Gasteiger partial charge is 0.251 e. The summed E-state index contributed by atoms with van der Waals surface area (Å²) < 4.78 is 5.55. The summed E-state index contributed by atoms with van der Waals surface area (Å²) in [5, 5.41) is 5.47. The van der Waals surface area contributed by atoms with E-state index in [9.17, 15) is 4.79 Å². The van der Waals surface area contributed by atoms with Crippen molar-refractivity contribution in [2.45, 2.75) is 18.9 Å². The van der Waals surface area contributed by atoms with Crippen LogP contribution in [0.2, 0.25) is 0 Å². The Morgan fingerprint density at radius 3 is 2.54 bits per heavy atom. The van der Waals surface area contributed by atoms with Crippen LogP contribution in [0.25, 0.3) is 10.8 Å². The first-order chi connectivity index (χ1) is 13.7. The highest BCUT2D eigenvalue weighted by Gasteiger charge is 2.21. The Labute approximate surface area is 165 Å². The lowest BCUT2D eigenvalue weighted by Gasteiger charge is -2.17. The van der Waals surface area contributed by atoms with Gasteiger partial charge in [0.25, 0.3) is 5.91 Å². The van der Waals surface area contributed by atoms with E-state index in [1.165, 1.54) is 10.8 Å².